The monoisotopic (exact) mass is 282 g/mol. The molecule has 5 nitrogen and oxygen atoms in total. The maximum Gasteiger partial charge on any atom is 0.254 e. The van der Waals surface area contributed by atoms with Crippen LogP contribution in [0.3, 0.4) is 0 Å². The number of nitrogens with zero attached hydrogens (tertiary/aromatic N) is 2. The maximum absolute atomic E-state index is 13.9. The molecule has 0 radical (unpaired) electrons. The Morgan fingerprint density at radius 2 is 2.25 bits per heavy atom. The molecule has 0 saturated carbocycles. The molecule has 1 atom stereocenters. The number of halogens is 1. The van der Waals surface area contributed by atoms with Crippen LogP contribution in [-0.4, -0.2) is 49.0 Å². The first-order valence-electron chi connectivity index (χ1n) is 6.81. The number of anilines is 1. The van der Waals surface area contributed by atoms with E-state index in [0.29, 0.717) is 12.6 Å². The van der Waals surface area contributed by atoms with Crippen LogP contribution in [0.25, 0.3) is 0 Å². The summed E-state index contributed by atoms with van der Waals surface area (Å²) in [5.74, 6) is -0.962. The lowest BCUT2D eigenvalue weighted by molar-refractivity contribution is 0.0943. The summed E-state index contributed by atoms with van der Waals surface area (Å²) in [5.41, 5.74) is 0.00976. The van der Waals surface area contributed by atoms with Gasteiger partial charge in [0.25, 0.3) is 5.91 Å². The van der Waals surface area contributed by atoms with E-state index in [0.717, 1.165) is 13.0 Å². The molecule has 1 rings (SSSR count). The van der Waals surface area contributed by atoms with E-state index >= 15 is 0 Å². The van der Waals surface area contributed by atoms with Gasteiger partial charge < -0.3 is 15.5 Å². The van der Waals surface area contributed by atoms with Crippen molar-refractivity contribution in [3.05, 3.63) is 23.6 Å². The number of pyridine rings is 1. The van der Waals surface area contributed by atoms with E-state index in [9.17, 15) is 9.18 Å². The van der Waals surface area contributed by atoms with E-state index in [2.05, 4.69) is 34.4 Å². The molecule has 0 fully saturated rings. The zero-order valence-corrected chi connectivity index (χ0v) is 12.5. The summed E-state index contributed by atoms with van der Waals surface area (Å²) < 4.78 is 13.9. The van der Waals surface area contributed by atoms with E-state index in [1.54, 1.807) is 7.05 Å². The van der Waals surface area contributed by atoms with Gasteiger partial charge in [-0.15, -0.1) is 0 Å². The van der Waals surface area contributed by atoms with Crippen LogP contribution in [-0.2, 0) is 0 Å². The van der Waals surface area contributed by atoms with Gasteiger partial charge in [-0.25, -0.2) is 9.37 Å². The Bertz CT molecular complexity index is 453. The van der Waals surface area contributed by atoms with E-state index in [-0.39, 0.29) is 11.4 Å². The quantitative estimate of drug-likeness (QED) is 0.799. The fraction of sp³-hybridized carbons (Fsp3) is 0.571. The lowest BCUT2D eigenvalue weighted by Gasteiger charge is -2.23. The number of hydrogen-bond donors (Lipinski definition) is 2. The highest BCUT2D eigenvalue weighted by Gasteiger charge is 2.15. The smallest absolute Gasteiger partial charge is 0.254 e. The number of rotatable bonds is 7. The number of aromatic nitrogens is 1. The van der Waals surface area contributed by atoms with Gasteiger partial charge >= 0.3 is 0 Å². The third-order valence-corrected chi connectivity index (χ3v) is 3.46. The van der Waals surface area contributed by atoms with Gasteiger partial charge in [0.05, 0.1) is 5.56 Å². The molecule has 0 spiro atoms. The van der Waals surface area contributed by atoms with E-state index in [1.807, 2.05) is 7.05 Å². The third kappa shape index (κ3) is 4.16. The largest absolute Gasteiger partial charge is 0.371 e. The highest BCUT2D eigenvalue weighted by Crippen LogP contribution is 2.14. The average molecular weight is 282 g/mol. The van der Waals surface area contributed by atoms with Gasteiger partial charge in [0.2, 0.25) is 0 Å². The van der Waals surface area contributed by atoms with Crippen molar-refractivity contribution in [2.24, 2.45) is 0 Å². The van der Waals surface area contributed by atoms with Crippen molar-refractivity contribution in [3.8, 4) is 0 Å². The van der Waals surface area contributed by atoms with E-state index < -0.39 is 11.7 Å². The van der Waals surface area contributed by atoms with Gasteiger partial charge in [0.15, 0.2) is 11.6 Å². The van der Waals surface area contributed by atoms with Crippen LogP contribution in [0.4, 0.5) is 10.2 Å². The second-order valence-corrected chi connectivity index (χ2v) is 4.76. The van der Waals surface area contributed by atoms with Crippen LogP contribution in [0.1, 0.15) is 30.6 Å². The van der Waals surface area contributed by atoms with Crippen molar-refractivity contribution in [1.29, 1.82) is 0 Å². The molecule has 1 heterocycles. The zero-order valence-electron chi connectivity index (χ0n) is 12.5. The molecule has 1 amide bonds. The molecule has 0 saturated heterocycles. The number of likely N-dealkylation sites (N-methyl/N-ethyl adjacent to an activating group) is 1. The SMILES string of the molecule is CCC(C)N(C)CCNC(=O)c1ccnc(NC)c1F. The van der Waals surface area contributed by atoms with Gasteiger partial charge in [-0.05, 0) is 26.5 Å². The maximum atomic E-state index is 13.9. The zero-order chi connectivity index (χ0) is 15.1. The number of carbonyl (C=O) groups excluding carboxylic acids is 1. The van der Waals surface area contributed by atoms with Crippen molar-refractivity contribution >= 4 is 11.7 Å². The lowest BCUT2D eigenvalue weighted by atomic mass is 10.2. The number of amides is 1. The summed E-state index contributed by atoms with van der Waals surface area (Å²) >= 11 is 0. The van der Waals surface area contributed by atoms with Crippen LogP contribution in [0, 0.1) is 5.82 Å². The summed E-state index contributed by atoms with van der Waals surface area (Å²) in [6.07, 6.45) is 2.46. The first-order valence-corrected chi connectivity index (χ1v) is 6.81. The predicted octanol–water partition coefficient (Wildman–Crippen LogP) is 1.72. The van der Waals surface area contributed by atoms with Crippen LogP contribution in [0.2, 0.25) is 0 Å². The Morgan fingerprint density at radius 1 is 1.55 bits per heavy atom. The van der Waals surface area contributed by atoms with Crippen LogP contribution in [0.5, 0.6) is 0 Å². The second-order valence-electron chi connectivity index (χ2n) is 4.76. The highest BCUT2D eigenvalue weighted by molar-refractivity contribution is 5.95. The fourth-order valence-electron chi connectivity index (χ4n) is 1.77. The Labute approximate surface area is 119 Å². The van der Waals surface area contributed by atoms with Crippen LogP contribution in [0.15, 0.2) is 12.3 Å². The molecule has 1 aromatic rings. The van der Waals surface area contributed by atoms with Crippen molar-refractivity contribution in [3.63, 3.8) is 0 Å². The van der Waals surface area contributed by atoms with Gasteiger partial charge in [0, 0.05) is 32.4 Å². The normalized spacial score (nSPS) is 12.3. The predicted molar refractivity (Wildman–Crippen MR) is 78.5 cm³/mol. The molecule has 112 valence electrons. The van der Waals surface area contributed by atoms with Crippen LogP contribution < -0.4 is 10.6 Å². The van der Waals surface area contributed by atoms with E-state index in [4.69, 9.17) is 0 Å². The molecule has 0 aliphatic rings. The third-order valence-electron chi connectivity index (χ3n) is 3.46. The molecule has 1 unspecified atom stereocenters. The minimum absolute atomic E-state index is 0.00976. The first-order chi connectivity index (χ1) is 9.51. The average Bonchev–Trinajstić information content (AvgIpc) is 2.46. The van der Waals surface area contributed by atoms with Gasteiger partial charge in [0.1, 0.15) is 0 Å². The Balaban J connectivity index is 2.56. The van der Waals surface area contributed by atoms with Crippen molar-refractivity contribution in [1.82, 2.24) is 15.2 Å². The molecule has 2 N–H and O–H groups in total. The Hall–Kier alpha value is -1.69. The van der Waals surface area contributed by atoms with Gasteiger partial charge in [-0.3, -0.25) is 4.79 Å². The summed E-state index contributed by atoms with van der Waals surface area (Å²) in [7, 11) is 3.57. The summed E-state index contributed by atoms with van der Waals surface area (Å²) in [6.45, 7) is 5.46. The lowest BCUT2D eigenvalue weighted by Crippen LogP contribution is -2.37. The fourth-order valence-corrected chi connectivity index (χ4v) is 1.77. The molecule has 0 bridgehead atoms. The molecule has 0 aliphatic heterocycles. The van der Waals surface area contributed by atoms with Crippen molar-refractivity contribution in [2.45, 2.75) is 26.3 Å². The van der Waals surface area contributed by atoms with Crippen molar-refractivity contribution in [2.75, 3.05) is 32.5 Å². The Kier molecular flexibility index (Phi) is 6.38. The van der Waals surface area contributed by atoms with Crippen LogP contribution >= 0.6 is 0 Å². The standard InChI is InChI=1S/C14H23FN4O/c1-5-10(2)19(4)9-8-18-14(20)11-6-7-17-13(16-3)12(11)15/h6-7,10H,5,8-9H2,1-4H3,(H,16,17)(H,18,20). The van der Waals surface area contributed by atoms with E-state index in [1.165, 1.54) is 12.3 Å². The Morgan fingerprint density at radius 3 is 2.85 bits per heavy atom. The highest BCUT2D eigenvalue weighted by atomic mass is 19.1. The molecular weight excluding hydrogens is 259 g/mol. The van der Waals surface area contributed by atoms with Gasteiger partial charge in [-0.2, -0.15) is 0 Å². The first kappa shape index (κ1) is 16.4. The summed E-state index contributed by atoms with van der Waals surface area (Å²) in [4.78, 5) is 17.9. The molecule has 0 aliphatic carbocycles. The molecule has 1 aromatic heterocycles. The molecule has 20 heavy (non-hydrogen) atoms. The summed E-state index contributed by atoms with van der Waals surface area (Å²) in [6, 6.07) is 1.84. The molecule has 0 aromatic carbocycles. The number of hydrogen-bond acceptors (Lipinski definition) is 4. The minimum atomic E-state index is -0.622. The molecule has 6 heteroatoms. The molecular formula is C14H23FN4O. The minimum Gasteiger partial charge on any atom is -0.371 e. The summed E-state index contributed by atoms with van der Waals surface area (Å²) in [5, 5.41) is 5.34. The van der Waals surface area contributed by atoms with Crippen molar-refractivity contribution < 1.29 is 9.18 Å². The van der Waals surface area contributed by atoms with Gasteiger partial charge in [-0.1, -0.05) is 6.92 Å². The topological polar surface area (TPSA) is 57.3 Å². The second kappa shape index (κ2) is 7.79. The number of nitrogens with one attached hydrogen (secondary N) is 2. The number of carbonyl (C=O) groups is 1.